The van der Waals surface area contributed by atoms with Crippen molar-refractivity contribution in [3.8, 4) is 0 Å². The predicted octanol–water partition coefficient (Wildman–Crippen LogP) is 3.22. The number of ether oxygens (including phenoxy) is 1. The third-order valence-electron chi connectivity index (χ3n) is 3.80. The average molecular weight is 364 g/mol. The van der Waals surface area contributed by atoms with Gasteiger partial charge < -0.3 is 15.0 Å². The maximum absolute atomic E-state index is 13.5. The van der Waals surface area contributed by atoms with Gasteiger partial charge in [0.15, 0.2) is 0 Å². The molecule has 1 aromatic carbocycles. The van der Waals surface area contributed by atoms with Crippen LogP contribution >= 0.6 is 11.8 Å². The van der Waals surface area contributed by atoms with Crippen molar-refractivity contribution in [3.05, 3.63) is 58.2 Å². The minimum Gasteiger partial charge on any atom is -0.465 e. The number of amides is 1. The van der Waals surface area contributed by atoms with Crippen LogP contribution < -0.4 is 5.32 Å². The van der Waals surface area contributed by atoms with Gasteiger partial charge in [-0.1, -0.05) is 18.2 Å². The number of aryl methyl sites for hydroxylation is 1. The molecule has 7 heteroatoms. The summed E-state index contributed by atoms with van der Waals surface area (Å²) in [5.74, 6) is 0.248. The van der Waals surface area contributed by atoms with Crippen LogP contribution in [0, 0.1) is 19.7 Å². The number of halogens is 1. The predicted molar refractivity (Wildman–Crippen MR) is 96.5 cm³/mol. The molecule has 25 heavy (non-hydrogen) atoms. The molecular weight excluding hydrogens is 343 g/mol. The van der Waals surface area contributed by atoms with Crippen molar-refractivity contribution in [2.45, 2.75) is 19.6 Å². The summed E-state index contributed by atoms with van der Waals surface area (Å²) < 4.78 is 18.2. The molecule has 0 aliphatic carbocycles. The Morgan fingerprint density at radius 3 is 2.68 bits per heavy atom. The molecule has 1 heterocycles. The third-order valence-corrected chi connectivity index (χ3v) is 4.81. The lowest BCUT2D eigenvalue weighted by molar-refractivity contribution is 0.0599. The molecule has 2 N–H and O–H groups in total. The molecule has 5 nitrogen and oxygen atoms in total. The van der Waals surface area contributed by atoms with Crippen LogP contribution in [0.3, 0.4) is 0 Å². The number of thioether (sulfide) groups is 1. The van der Waals surface area contributed by atoms with E-state index in [9.17, 15) is 14.0 Å². The first-order valence-electron chi connectivity index (χ1n) is 7.82. The van der Waals surface area contributed by atoms with E-state index in [-0.39, 0.29) is 11.7 Å². The standard InChI is InChI=1S/C18H21FN2O3S/c1-11-15(18(23)24-3)12(2)21-16(11)17(22)20-8-9-25-10-13-6-4-5-7-14(13)19/h4-7,21H,8-10H2,1-3H3,(H,20,22). The molecule has 0 unspecified atom stereocenters. The van der Waals surface area contributed by atoms with E-state index in [4.69, 9.17) is 4.74 Å². The largest absolute Gasteiger partial charge is 0.465 e. The molecule has 0 atom stereocenters. The van der Waals surface area contributed by atoms with E-state index in [1.807, 2.05) is 0 Å². The number of aromatic amines is 1. The number of nitrogens with one attached hydrogen (secondary N) is 2. The number of hydrogen-bond donors (Lipinski definition) is 2. The lowest BCUT2D eigenvalue weighted by Crippen LogP contribution is -2.26. The number of methoxy groups -OCH3 is 1. The molecule has 0 aliphatic heterocycles. The quantitative estimate of drug-likeness (QED) is 0.585. The van der Waals surface area contributed by atoms with Gasteiger partial charge in [0.05, 0.1) is 12.7 Å². The fourth-order valence-electron chi connectivity index (χ4n) is 2.51. The summed E-state index contributed by atoms with van der Waals surface area (Å²) in [7, 11) is 1.31. The van der Waals surface area contributed by atoms with Crippen LogP contribution in [0.2, 0.25) is 0 Å². The van der Waals surface area contributed by atoms with Crippen molar-refractivity contribution >= 4 is 23.6 Å². The molecule has 0 radical (unpaired) electrons. The highest BCUT2D eigenvalue weighted by atomic mass is 32.2. The van der Waals surface area contributed by atoms with Crippen LogP contribution in [0.25, 0.3) is 0 Å². The summed E-state index contributed by atoms with van der Waals surface area (Å²) in [4.78, 5) is 26.9. The topological polar surface area (TPSA) is 71.2 Å². The van der Waals surface area contributed by atoms with Crippen LogP contribution in [0.1, 0.15) is 37.7 Å². The van der Waals surface area contributed by atoms with Gasteiger partial charge in [0.25, 0.3) is 5.91 Å². The van der Waals surface area contributed by atoms with Crippen molar-refractivity contribution in [2.24, 2.45) is 0 Å². The summed E-state index contributed by atoms with van der Waals surface area (Å²) in [6.07, 6.45) is 0. The second kappa shape index (κ2) is 8.71. The van der Waals surface area contributed by atoms with Gasteiger partial charge >= 0.3 is 5.97 Å². The van der Waals surface area contributed by atoms with Crippen LogP contribution in [-0.2, 0) is 10.5 Å². The summed E-state index contributed by atoms with van der Waals surface area (Å²) in [6.45, 7) is 3.88. The van der Waals surface area contributed by atoms with Gasteiger partial charge in [0, 0.05) is 23.7 Å². The number of rotatable bonds is 7. The molecular formula is C18H21FN2O3S. The monoisotopic (exact) mass is 364 g/mol. The summed E-state index contributed by atoms with van der Waals surface area (Å²) in [6, 6.07) is 6.65. The lowest BCUT2D eigenvalue weighted by atomic mass is 10.1. The number of carbonyl (C=O) groups is 2. The van der Waals surface area contributed by atoms with Crippen LogP contribution in [0.15, 0.2) is 24.3 Å². The van der Waals surface area contributed by atoms with Crippen molar-refractivity contribution < 1.29 is 18.7 Å². The Morgan fingerprint density at radius 2 is 2.00 bits per heavy atom. The first-order chi connectivity index (χ1) is 12.0. The summed E-state index contributed by atoms with van der Waals surface area (Å²) in [5.41, 5.74) is 2.57. The van der Waals surface area contributed by atoms with Gasteiger partial charge in [0.2, 0.25) is 0 Å². The normalized spacial score (nSPS) is 10.6. The number of esters is 1. The molecule has 0 saturated carbocycles. The highest BCUT2D eigenvalue weighted by Gasteiger charge is 2.22. The molecule has 0 bridgehead atoms. The average Bonchev–Trinajstić information content (AvgIpc) is 2.90. The van der Waals surface area contributed by atoms with Gasteiger partial charge in [-0.25, -0.2) is 9.18 Å². The van der Waals surface area contributed by atoms with Gasteiger partial charge in [-0.2, -0.15) is 11.8 Å². The minimum atomic E-state index is -0.467. The molecule has 0 spiro atoms. The Morgan fingerprint density at radius 1 is 1.28 bits per heavy atom. The smallest absolute Gasteiger partial charge is 0.339 e. The molecule has 2 rings (SSSR count). The van der Waals surface area contributed by atoms with E-state index in [0.717, 1.165) is 0 Å². The molecule has 1 aromatic heterocycles. The number of carbonyl (C=O) groups excluding carboxylic acids is 2. The summed E-state index contributed by atoms with van der Waals surface area (Å²) in [5, 5.41) is 2.80. The molecule has 0 aliphatic rings. The maximum atomic E-state index is 13.5. The van der Waals surface area contributed by atoms with E-state index < -0.39 is 5.97 Å². The second-order valence-corrected chi connectivity index (χ2v) is 6.62. The summed E-state index contributed by atoms with van der Waals surface area (Å²) >= 11 is 1.54. The van der Waals surface area contributed by atoms with Crippen molar-refractivity contribution in [3.63, 3.8) is 0 Å². The highest BCUT2D eigenvalue weighted by Crippen LogP contribution is 2.19. The van der Waals surface area contributed by atoms with E-state index in [0.29, 0.717) is 46.1 Å². The van der Waals surface area contributed by atoms with Crippen molar-refractivity contribution in [2.75, 3.05) is 19.4 Å². The molecule has 0 saturated heterocycles. The number of H-pyrrole nitrogens is 1. The Hall–Kier alpha value is -2.28. The Labute approximate surface area is 150 Å². The first-order valence-corrected chi connectivity index (χ1v) is 8.98. The molecule has 134 valence electrons. The SMILES string of the molecule is COC(=O)c1c(C)[nH]c(C(=O)NCCSCc2ccccc2F)c1C. The van der Waals surface area contributed by atoms with Crippen LogP contribution in [0.5, 0.6) is 0 Å². The van der Waals surface area contributed by atoms with Crippen molar-refractivity contribution in [1.29, 1.82) is 0 Å². The highest BCUT2D eigenvalue weighted by molar-refractivity contribution is 7.98. The molecule has 0 fully saturated rings. The first kappa shape index (κ1) is 19.1. The zero-order valence-corrected chi connectivity index (χ0v) is 15.3. The number of hydrogen-bond acceptors (Lipinski definition) is 4. The van der Waals surface area contributed by atoms with Gasteiger partial charge in [-0.3, -0.25) is 4.79 Å². The van der Waals surface area contributed by atoms with Gasteiger partial charge in [-0.15, -0.1) is 0 Å². The van der Waals surface area contributed by atoms with E-state index >= 15 is 0 Å². The number of benzene rings is 1. The minimum absolute atomic E-state index is 0.216. The number of aromatic nitrogens is 1. The Bertz CT molecular complexity index is 774. The fraction of sp³-hybridized carbons (Fsp3) is 0.333. The zero-order chi connectivity index (χ0) is 18.4. The Balaban J connectivity index is 1.85. The maximum Gasteiger partial charge on any atom is 0.339 e. The van der Waals surface area contributed by atoms with E-state index in [1.54, 1.807) is 32.0 Å². The van der Waals surface area contributed by atoms with E-state index in [1.165, 1.54) is 24.9 Å². The lowest BCUT2D eigenvalue weighted by Gasteiger charge is -2.06. The van der Waals surface area contributed by atoms with Gasteiger partial charge in [0.1, 0.15) is 11.5 Å². The molecule has 1 amide bonds. The van der Waals surface area contributed by atoms with Crippen molar-refractivity contribution in [1.82, 2.24) is 10.3 Å². The zero-order valence-electron chi connectivity index (χ0n) is 14.4. The van der Waals surface area contributed by atoms with Crippen LogP contribution in [-0.4, -0.2) is 36.3 Å². The van der Waals surface area contributed by atoms with Gasteiger partial charge in [-0.05, 0) is 31.0 Å². The Kier molecular flexibility index (Phi) is 6.64. The third kappa shape index (κ3) is 4.63. The molecule has 2 aromatic rings. The van der Waals surface area contributed by atoms with Crippen LogP contribution in [0.4, 0.5) is 4.39 Å². The second-order valence-electron chi connectivity index (χ2n) is 5.52. The fourth-order valence-corrected chi connectivity index (χ4v) is 3.35. The van der Waals surface area contributed by atoms with E-state index in [2.05, 4.69) is 10.3 Å².